The maximum Gasteiger partial charge on any atom is 0.263 e. The predicted octanol–water partition coefficient (Wildman–Crippen LogP) is 3.48. The molecule has 3 aromatic rings. The van der Waals surface area contributed by atoms with E-state index in [1.807, 2.05) is 31.2 Å². The number of aryl methyl sites for hydroxylation is 2. The second-order valence-electron chi connectivity index (χ2n) is 5.03. The molecule has 6 heteroatoms. The number of benzene rings is 1. The lowest BCUT2D eigenvalue weighted by Crippen LogP contribution is -2.22. The van der Waals surface area contributed by atoms with Gasteiger partial charge in [-0.05, 0) is 31.9 Å². The van der Waals surface area contributed by atoms with Crippen LogP contribution >= 0.6 is 11.3 Å². The van der Waals surface area contributed by atoms with Gasteiger partial charge in [0, 0.05) is 0 Å². The fraction of sp³-hybridized carbons (Fsp3) is 0.312. The van der Waals surface area contributed by atoms with Crippen molar-refractivity contribution in [3.63, 3.8) is 0 Å². The summed E-state index contributed by atoms with van der Waals surface area (Å²) in [6.45, 7) is 4.24. The number of oxazole rings is 1. The van der Waals surface area contributed by atoms with Gasteiger partial charge in [-0.15, -0.1) is 11.3 Å². The molecule has 0 fully saturated rings. The Morgan fingerprint density at radius 1 is 1.32 bits per heavy atom. The Bertz CT molecular complexity index is 774. The first-order chi connectivity index (χ1) is 10.7. The van der Waals surface area contributed by atoms with E-state index in [-0.39, 0.29) is 12.5 Å². The minimum atomic E-state index is -0.125. The average Bonchev–Trinajstić information content (AvgIpc) is 3.08. The number of nitrogens with zero attached hydrogens (tertiary/aromatic N) is 2. The lowest BCUT2D eigenvalue weighted by molar-refractivity contribution is 0.0951. The molecule has 3 rings (SSSR count). The van der Waals surface area contributed by atoms with Crippen LogP contribution in [0.1, 0.15) is 39.6 Å². The summed E-state index contributed by atoms with van der Waals surface area (Å²) in [5, 5.41) is 3.85. The quantitative estimate of drug-likeness (QED) is 0.782. The highest BCUT2D eigenvalue weighted by atomic mass is 32.1. The van der Waals surface area contributed by atoms with Crippen molar-refractivity contribution in [3.8, 4) is 0 Å². The van der Waals surface area contributed by atoms with E-state index in [2.05, 4.69) is 22.2 Å². The molecule has 2 aromatic heterocycles. The van der Waals surface area contributed by atoms with Crippen LogP contribution in [0.15, 0.2) is 28.7 Å². The summed E-state index contributed by atoms with van der Waals surface area (Å²) in [4.78, 5) is 21.7. The Balaban J connectivity index is 1.69. The lowest BCUT2D eigenvalue weighted by atomic mass is 10.3. The number of thiazole rings is 1. The number of rotatable bonds is 5. The molecule has 0 unspecified atom stereocenters. The molecule has 1 aromatic carbocycles. The van der Waals surface area contributed by atoms with E-state index in [9.17, 15) is 4.79 Å². The number of carbonyl (C=O) groups excluding carboxylic acids is 1. The first kappa shape index (κ1) is 14.7. The molecule has 0 bridgehead atoms. The van der Waals surface area contributed by atoms with Crippen LogP contribution in [0.4, 0.5) is 0 Å². The largest absolute Gasteiger partial charge is 0.439 e. The zero-order valence-electron chi connectivity index (χ0n) is 12.5. The van der Waals surface area contributed by atoms with Crippen molar-refractivity contribution < 1.29 is 9.21 Å². The van der Waals surface area contributed by atoms with Gasteiger partial charge in [-0.1, -0.05) is 19.1 Å². The van der Waals surface area contributed by atoms with Crippen molar-refractivity contribution >= 4 is 28.3 Å². The smallest absolute Gasteiger partial charge is 0.263 e. The lowest BCUT2D eigenvalue weighted by Gasteiger charge is -2.00. The molecule has 0 spiro atoms. The number of amides is 1. The third-order valence-electron chi connectivity index (χ3n) is 3.25. The van der Waals surface area contributed by atoms with Crippen LogP contribution in [-0.4, -0.2) is 15.9 Å². The number of aromatic nitrogens is 2. The maximum atomic E-state index is 12.3. The average molecular weight is 315 g/mol. The van der Waals surface area contributed by atoms with E-state index >= 15 is 0 Å². The van der Waals surface area contributed by atoms with Gasteiger partial charge >= 0.3 is 0 Å². The van der Waals surface area contributed by atoms with Gasteiger partial charge in [0.05, 0.1) is 17.2 Å². The van der Waals surface area contributed by atoms with Gasteiger partial charge in [-0.2, -0.15) is 0 Å². The molecule has 22 heavy (non-hydrogen) atoms. The highest BCUT2D eigenvalue weighted by Crippen LogP contribution is 2.20. The standard InChI is InChI=1S/C16H17N3O2S/c1-3-6-14-18-10(2)15(22-14)16(20)17-9-13-19-11-7-4-5-8-12(11)21-13/h4-5,7-8H,3,6,9H2,1-2H3,(H,17,20). The summed E-state index contributed by atoms with van der Waals surface area (Å²) >= 11 is 1.46. The molecule has 0 aliphatic rings. The summed E-state index contributed by atoms with van der Waals surface area (Å²) < 4.78 is 5.59. The Kier molecular flexibility index (Phi) is 4.20. The van der Waals surface area contributed by atoms with Crippen LogP contribution in [0.5, 0.6) is 0 Å². The van der Waals surface area contributed by atoms with Gasteiger partial charge in [0.25, 0.3) is 5.91 Å². The van der Waals surface area contributed by atoms with Crippen molar-refractivity contribution in [2.75, 3.05) is 0 Å². The van der Waals surface area contributed by atoms with Crippen molar-refractivity contribution in [3.05, 3.63) is 45.7 Å². The van der Waals surface area contributed by atoms with E-state index in [1.54, 1.807) is 0 Å². The molecule has 0 atom stereocenters. The molecule has 5 nitrogen and oxygen atoms in total. The molecule has 0 aliphatic carbocycles. The van der Waals surface area contributed by atoms with Gasteiger partial charge in [0.1, 0.15) is 10.4 Å². The topological polar surface area (TPSA) is 68.0 Å². The second-order valence-corrected chi connectivity index (χ2v) is 6.11. The summed E-state index contributed by atoms with van der Waals surface area (Å²) in [6, 6.07) is 7.54. The highest BCUT2D eigenvalue weighted by Gasteiger charge is 2.15. The highest BCUT2D eigenvalue weighted by molar-refractivity contribution is 7.13. The SMILES string of the molecule is CCCc1nc(C)c(C(=O)NCc2nc3ccccc3o2)s1. The molecule has 1 N–H and O–H groups in total. The Hall–Kier alpha value is -2.21. The van der Waals surface area contributed by atoms with Crippen LogP contribution in [0.3, 0.4) is 0 Å². The van der Waals surface area contributed by atoms with E-state index < -0.39 is 0 Å². The summed E-state index contributed by atoms with van der Waals surface area (Å²) in [6.07, 6.45) is 1.93. The van der Waals surface area contributed by atoms with Gasteiger partial charge in [0.2, 0.25) is 5.89 Å². The van der Waals surface area contributed by atoms with Crippen LogP contribution in [0, 0.1) is 6.92 Å². The normalized spacial score (nSPS) is 11.0. The number of hydrogen-bond acceptors (Lipinski definition) is 5. The van der Waals surface area contributed by atoms with Crippen molar-refractivity contribution in [1.29, 1.82) is 0 Å². The monoisotopic (exact) mass is 315 g/mol. The summed E-state index contributed by atoms with van der Waals surface area (Å²) in [5.41, 5.74) is 2.31. The number of para-hydroxylation sites is 2. The van der Waals surface area contributed by atoms with Gasteiger partial charge in [0.15, 0.2) is 5.58 Å². The molecular formula is C16H17N3O2S. The van der Waals surface area contributed by atoms with Crippen molar-refractivity contribution in [1.82, 2.24) is 15.3 Å². The Labute approximate surface area is 132 Å². The fourth-order valence-corrected chi connectivity index (χ4v) is 3.30. The van der Waals surface area contributed by atoms with E-state index in [4.69, 9.17) is 4.42 Å². The zero-order valence-corrected chi connectivity index (χ0v) is 13.4. The van der Waals surface area contributed by atoms with Crippen LogP contribution in [0.2, 0.25) is 0 Å². The summed E-state index contributed by atoms with van der Waals surface area (Å²) in [7, 11) is 0. The van der Waals surface area contributed by atoms with Crippen molar-refractivity contribution in [2.24, 2.45) is 0 Å². The second kappa shape index (κ2) is 6.27. The first-order valence-corrected chi connectivity index (χ1v) is 8.08. The van der Waals surface area contributed by atoms with E-state index in [0.717, 1.165) is 34.6 Å². The number of carbonyl (C=O) groups is 1. The third-order valence-corrected chi connectivity index (χ3v) is 4.47. The predicted molar refractivity (Wildman–Crippen MR) is 86.0 cm³/mol. The molecule has 2 heterocycles. The number of fused-ring (bicyclic) bond motifs is 1. The molecule has 0 aliphatic heterocycles. The van der Waals surface area contributed by atoms with Gasteiger partial charge in [-0.3, -0.25) is 4.79 Å². The van der Waals surface area contributed by atoms with E-state index in [0.29, 0.717) is 10.8 Å². The minimum Gasteiger partial charge on any atom is -0.439 e. The van der Waals surface area contributed by atoms with E-state index in [1.165, 1.54) is 11.3 Å². The molecule has 0 saturated heterocycles. The van der Waals surface area contributed by atoms with Crippen molar-refractivity contribution in [2.45, 2.75) is 33.2 Å². The van der Waals surface area contributed by atoms with Gasteiger partial charge in [-0.25, -0.2) is 9.97 Å². The molecule has 1 amide bonds. The number of hydrogen-bond donors (Lipinski definition) is 1. The molecule has 114 valence electrons. The van der Waals surface area contributed by atoms with Crippen LogP contribution in [0.25, 0.3) is 11.1 Å². The maximum absolute atomic E-state index is 12.3. The zero-order chi connectivity index (χ0) is 15.5. The fourth-order valence-electron chi connectivity index (χ4n) is 2.22. The minimum absolute atomic E-state index is 0.125. The number of nitrogens with one attached hydrogen (secondary N) is 1. The molecular weight excluding hydrogens is 298 g/mol. The van der Waals surface area contributed by atoms with Crippen LogP contribution in [-0.2, 0) is 13.0 Å². The summed E-state index contributed by atoms with van der Waals surface area (Å²) in [5.74, 6) is 0.380. The first-order valence-electron chi connectivity index (χ1n) is 7.26. The van der Waals surface area contributed by atoms with Crippen LogP contribution < -0.4 is 5.32 Å². The third kappa shape index (κ3) is 3.01. The molecule has 0 radical (unpaired) electrons. The van der Waals surface area contributed by atoms with Gasteiger partial charge < -0.3 is 9.73 Å². The Morgan fingerprint density at radius 2 is 2.14 bits per heavy atom. The Morgan fingerprint density at radius 3 is 2.91 bits per heavy atom. The molecule has 0 saturated carbocycles.